The molecule has 2 rings (SSSR count). The Morgan fingerprint density at radius 3 is 2.46 bits per heavy atom. The van der Waals surface area contributed by atoms with Crippen LogP contribution >= 0.6 is 11.3 Å². The average Bonchev–Trinajstić information content (AvgIpc) is 3.01. The monoisotopic (exact) mass is 373 g/mol. The van der Waals surface area contributed by atoms with Crippen molar-refractivity contribution in [3.05, 3.63) is 57.3 Å². The van der Waals surface area contributed by atoms with E-state index in [1.165, 1.54) is 18.3 Å². The number of thiophene rings is 1. The molecule has 0 saturated heterocycles. The van der Waals surface area contributed by atoms with E-state index in [4.69, 9.17) is 4.74 Å². The third-order valence-corrected chi connectivity index (χ3v) is 5.35. The van der Waals surface area contributed by atoms with Gasteiger partial charge in [0, 0.05) is 4.88 Å². The van der Waals surface area contributed by atoms with E-state index in [0.29, 0.717) is 11.3 Å². The largest absolute Gasteiger partial charge is 0.451 e. The number of carbonyl (C=O) groups excluding carboxylic acids is 3. The van der Waals surface area contributed by atoms with Crippen LogP contribution < -0.4 is 5.32 Å². The molecule has 0 aliphatic carbocycles. The van der Waals surface area contributed by atoms with E-state index < -0.39 is 24.5 Å². The lowest BCUT2D eigenvalue weighted by Gasteiger charge is -2.16. The van der Waals surface area contributed by atoms with Gasteiger partial charge in [-0.05, 0) is 43.9 Å². The van der Waals surface area contributed by atoms with Crippen LogP contribution in [0.1, 0.15) is 39.5 Å². The molecule has 1 amide bonds. The number of carbonyl (C=O) groups is 3. The highest BCUT2D eigenvalue weighted by molar-refractivity contribution is 7.14. The van der Waals surface area contributed by atoms with Gasteiger partial charge >= 0.3 is 5.97 Å². The minimum atomic E-state index is -0.640. The summed E-state index contributed by atoms with van der Waals surface area (Å²) in [5.74, 6) is -1.15. The second-order valence-corrected chi connectivity index (χ2v) is 7.20. The molecule has 1 atom stereocenters. The van der Waals surface area contributed by atoms with E-state index in [0.717, 1.165) is 22.4 Å². The van der Waals surface area contributed by atoms with E-state index >= 15 is 0 Å². The molecule has 2 aromatic rings. The van der Waals surface area contributed by atoms with Crippen LogP contribution in [0.4, 0.5) is 0 Å². The maximum Gasteiger partial charge on any atom is 0.348 e. The number of hydrogen-bond acceptors (Lipinski definition) is 5. The van der Waals surface area contributed by atoms with Crippen LogP contribution in [0, 0.1) is 6.92 Å². The van der Waals surface area contributed by atoms with Gasteiger partial charge in [-0.25, -0.2) is 4.79 Å². The van der Waals surface area contributed by atoms with Gasteiger partial charge in [0.05, 0.1) is 6.04 Å². The SMILES string of the molecule is CCc1sc(C(=O)OCC(=O)N[C@H](Cc2ccccc2)C(C)=O)cc1C. The number of aryl methyl sites for hydroxylation is 2. The number of ether oxygens (including phenoxy) is 1. The molecule has 0 spiro atoms. The predicted molar refractivity (Wildman–Crippen MR) is 101 cm³/mol. The van der Waals surface area contributed by atoms with Gasteiger partial charge in [0.15, 0.2) is 12.4 Å². The molecule has 1 aromatic heterocycles. The quantitative estimate of drug-likeness (QED) is 0.722. The van der Waals surface area contributed by atoms with Crippen molar-refractivity contribution in [2.24, 2.45) is 0 Å². The Kier molecular flexibility index (Phi) is 7.09. The van der Waals surface area contributed by atoms with Crippen molar-refractivity contribution < 1.29 is 19.1 Å². The molecule has 0 bridgehead atoms. The first-order valence-corrected chi connectivity index (χ1v) is 9.32. The number of rotatable bonds is 8. The Balaban J connectivity index is 1.89. The number of nitrogens with one attached hydrogen (secondary N) is 1. The van der Waals surface area contributed by atoms with Gasteiger partial charge in [-0.15, -0.1) is 11.3 Å². The van der Waals surface area contributed by atoms with Gasteiger partial charge in [-0.3, -0.25) is 9.59 Å². The molecule has 0 unspecified atom stereocenters. The van der Waals surface area contributed by atoms with Crippen LogP contribution in [0.2, 0.25) is 0 Å². The first-order chi connectivity index (χ1) is 12.4. The zero-order valence-corrected chi connectivity index (χ0v) is 16.0. The fourth-order valence-corrected chi connectivity index (χ4v) is 3.56. The molecule has 138 valence electrons. The Bertz CT molecular complexity index is 782. The zero-order valence-electron chi connectivity index (χ0n) is 15.2. The lowest BCUT2D eigenvalue weighted by Crippen LogP contribution is -2.43. The summed E-state index contributed by atoms with van der Waals surface area (Å²) in [5, 5.41) is 2.64. The number of ketones is 1. The van der Waals surface area contributed by atoms with E-state index in [1.807, 2.05) is 44.2 Å². The third kappa shape index (κ3) is 5.52. The molecule has 1 N–H and O–H groups in total. The second kappa shape index (κ2) is 9.29. The molecule has 1 heterocycles. The Labute approximate surface area is 157 Å². The summed E-state index contributed by atoms with van der Waals surface area (Å²) in [7, 11) is 0. The molecule has 0 aliphatic rings. The molecular weight excluding hydrogens is 350 g/mol. The molecular formula is C20H23NO4S. The van der Waals surface area contributed by atoms with E-state index in [2.05, 4.69) is 5.32 Å². The molecule has 0 radical (unpaired) electrons. The second-order valence-electron chi connectivity index (χ2n) is 6.07. The lowest BCUT2D eigenvalue weighted by molar-refractivity contribution is -0.128. The van der Waals surface area contributed by atoms with Crippen molar-refractivity contribution in [2.75, 3.05) is 6.61 Å². The summed E-state index contributed by atoms with van der Waals surface area (Å²) in [6.07, 6.45) is 1.25. The van der Waals surface area contributed by atoms with Gasteiger partial charge in [0.2, 0.25) is 0 Å². The van der Waals surface area contributed by atoms with Crippen molar-refractivity contribution >= 4 is 29.0 Å². The van der Waals surface area contributed by atoms with Crippen LogP contribution in [-0.4, -0.2) is 30.3 Å². The third-order valence-electron chi connectivity index (χ3n) is 3.99. The highest BCUT2D eigenvalue weighted by Gasteiger charge is 2.19. The molecule has 5 nitrogen and oxygen atoms in total. The van der Waals surface area contributed by atoms with E-state index in [9.17, 15) is 14.4 Å². The Hall–Kier alpha value is -2.47. The maximum absolute atomic E-state index is 12.1. The van der Waals surface area contributed by atoms with E-state index in [-0.39, 0.29) is 5.78 Å². The van der Waals surface area contributed by atoms with Gasteiger partial charge in [0.1, 0.15) is 4.88 Å². The summed E-state index contributed by atoms with van der Waals surface area (Å²) < 4.78 is 5.08. The Morgan fingerprint density at radius 2 is 1.88 bits per heavy atom. The molecule has 26 heavy (non-hydrogen) atoms. The first-order valence-electron chi connectivity index (χ1n) is 8.50. The maximum atomic E-state index is 12.1. The Morgan fingerprint density at radius 1 is 1.19 bits per heavy atom. The van der Waals surface area contributed by atoms with Crippen molar-refractivity contribution in [1.29, 1.82) is 0 Å². The zero-order chi connectivity index (χ0) is 19.1. The minimum Gasteiger partial charge on any atom is -0.451 e. The van der Waals surface area contributed by atoms with E-state index in [1.54, 1.807) is 6.07 Å². The summed E-state index contributed by atoms with van der Waals surface area (Å²) in [6.45, 7) is 4.99. The summed E-state index contributed by atoms with van der Waals surface area (Å²) in [4.78, 5) is 37.6. The summed E-state index contributed by atoms with van der Waals surface area (Å²) >= 11 is 1.38. The van der Waals surface area contributed by atoms with Gasteiger partial charge in [-0.1, -0.05) is 37.3 Å². The van der Waals surface area contributed by atoms with Gasteiger partial charge in [0.25, 0.3) is 5.91 Å². The number of hydrogen-bond donors (Lipinski definition) is 1. The number of esters is 1. The fraction of sp³-hybridized carbons (Fsp3) is 0.350. The normalized spacial score (nSPS) is 11.7. The molecule has 0 saturated carbocycles. The predicted octanol–water partition coefficient (Wildman–Crippen LogP) is 3.09. The van der Waals surface area contributed by atoms with Gasteiger partial charge < -0.3 is 10.1 Å². The van der Waals surface area contributed by atoms with Crippen LogP contribution in [-0.2, 0) is 27.2 Å². The van der Waals surface area contributed by atoms with Crippen LogP contribution in [0.5, 0.6) is 0 Å². The number of amides is 1. The number of benzene rings is 1. The fourth-order valence-electron chi connectivity index (χ4n) is 2.56. The highest BCUT2D eigenvalue weighted by atomic mass is 32.1. The number of Topliss-reactive ketones (excluding diaryl/α,β-unsaturated/α-hetero) is 1. The first kappa shape index (κ1) is 19.8. The van der Waals surface area contributed by atoms with Crippen LogP contribution in [0.15, 0.2) is 36.4 Å². The summed E-state index contributed by atoms with van der Waals surface area (Å²) in [5.41, 5.74) is 2.00. The molecule has 0 aliphatic heterocycles. The van der Waals surface area contributed by atoms with Crippen molar-refractivity contribution in [2.45, 2.75) is 39.7 Å². The smallest absolute Gasteiger partial charge is 0.348 e. The topological polar surface area (TPSA) is 72.5 Å². The van der Waals surface area contributed by atoms with Crippen molar-refractivity contribution in [1.82, 2.24) is 5.32 Å². The summed E-state index contributed by atoms with van der Waals surface area (Å²) in [6, 6.07) is 10.6. The lowest BCUT2D eigenvalue weighted by atomic mass is 10.0. The average molecular weight is 373 g/mol. The standard InChI is InChI=1S/C20H23NO4S/c1-4-17-13(2)10-18(26-17)20(24)25-12-19(23)21-16(14(3)22)11-15-8-6-5-7-9-15/h5-10,16H,4,11-12H2,1-3H3,(H,21,23)/t16-/m1/s1. The van der Waals surface area contributed by atoms with Crippen LogP contribution in [0.3, 0.4) is 0 Å². The van der Waals surface area contributed by atoms with Crippen molar-refractivity contribution in [3.63, 3.8) is 0 Å². The molecule has 6 heteroatoms. The van der Waals surface area contributed by atoms with Crippen LogP contribution in [0.25, 0.3) is 0 Å². The van der Waals surface area contributed by atoms with Gasteiger partial charge in [-0.2, -0.15) is 0 Å². The molecule has 0 fully saturated rings. The molecule has 1 aromatic carbocycles. The minimum absolute atomic E-state index is 0.144. The highest BCUT2D eigenvalue weighted by Crippen LogP contribution is 2.22. The van der Waals surface area contributed by atoms with Crippen molar-refractivity contribution in [3.8, 4) is 0 Å².